The minimum absolute atomic E-state index is 0.356. The first kappa shape index (κ1) is 20.8. The second kappa shape index (κ2) is 10.0. The van der Waals surface area contributed by atoms with Crippen molar-refractivity contribution in [3.63, 3.8) is 0 Å². The number of methoxy groups -OCH3 is 1. The summed E-state index contributed by atoms with van der Waals surface area (Å²) < 4.78 is 29.5. The van der Waals surface area contributed by atoms with Crippen LogP contribution in [0.5, 0.6) is 5.75 Å². The molecule has 1 N–H and O–H groups in total. The largest absolute Gasteiger partial charge is 0.497 e. The van der Waals surface area contributed by atoms with Crippen LogP contribution >= 0.6 is 11.3 Å². The van der Waals surface area contributed by atoms with E-state index in [9.17, 15) is 8.78 Å². The monoisotopic (exact) mass is 390 g/mol. The van der Waals surface area contributed by atoms with Crippen LogP contribution in [0.1, 0.15) is 36.1 Å². The van der Waals surface area contributed by atoms with E-state index in [2.05, 4.69) is 34.7 Å². The smallest absolute Gasteiger partial charge is 0.182 e. The number of aromatic nitrogens is 1. The van der Waals surface area contributed by atoms with Crippen LogP contribution in [-0.2, 0) is 0 Å². The molecule has 0 fully saturated rings. The molecule has 3 rings (SSSR count). The lowest BCUT2D eigenvalue weighted by Gasteiger charge is -2.13. The third kappa shape index (κ3) is 5.76. The van der Waals surface area contributed by atoms with Crippen LogP contribution in [0.4, 0.5) is 13.9 Å². The second-order valence-corrected chi connectivity index (χ2v) is 6.84. The van der Waals surface area contributed by atoms with Gasteiger partial charge in [-0.15, -0.1) is 11.3 Å². The lowest BCUT2D eigenvalue weighted by atomic mass is 9.94. The van der Waals surface area contributed by atoms with Crippen LogP contribution in [0.3, 0.4) is 0 Å². The van der Waals surface area contributed by atoms with Gasteiger partial charge in [-0.05, 0) is 48.7 Å². The Hall–Kier alpha value is -2.47. The molecule has 0 saturated heterocycles. The molecule has 1 atom stereocenters. The number of halogens is 2. The van der Waals surface area contributed by atoms with Crippen LogP contribution in [0.15, 0.2) is 47.8 Å². The zero-order valence-electron chi connectivity index (χ0n) is 15.9. The molecule has 0 aliphatic carbocycles. The normalized spacial score (nSPS) is 11.3. The maximum absolute atomic E-state index is 12.2. The van der Waals surface area contributed by atoms with E-state index >= 15 is 0 Å². The van der Waals surface area contributed by atoms with Gasteiger partial charge >= 0.3 is 0 Å². The highest BCUT2D eigenvalue weighted by Gasteiger charge is 2.15. The summed E-state index contributed by atoms with van der Waals surface area (Å²) in [4.78, 5) is 4.60. The van der Waals surface area contributed by atoms with E-state index in [1.165, 1.54) is 11.6 Å². The maximum atomic E-state index is 12.2. The summed E-state index contributed by atoms with van der Waals surface area (Å²) in [5.41, 5.74) is 3.15. The summed E-state index contributed by atoms with van der Waals surface area (Å²) in [5.74, 6) is -0.326. The molecule has 0 aliphatic rings. The Morgan fingerprint density at radius 1 is 1.11 bits per heavy atom. The Labute approximate surface area is 163 Å². The first-order valence-electron chi connectivity index (χ1n) is 8.67. The molecule has 0 saturated carbocycles. The van der Waals surface area contributed by atoms with Crippen molar-refractivity contribution in [3.05, 3.63) is 76.3 Å². The lowest BCUT2D eigenvalue weighted by Crippen LogP contribution is -2.00. The summed E-state index contributed by atoms with van der Waals surface area (Å²) in [7, 11) is 3.59. The van der Waals surface area contributed by atoms with Crippen LogP contribution in [0, 0.1) is 18.6 Å². The highest BCUT2D eigenvalue weighted by Crippen LogP contribution is 2.31. The second-order valence-electron chi connectivity index (χ2n) is 5.98. The van der Waals surface area contributed by atoms with Gasteiger partial charge in [0.2, 0.25) is 0 Å². The molecule has 0 radical (unpaired) electrons. The Kier molecular flexibility index (Phi) is 7.73. The number of benzene rings is 2. The van der Waals surface area contributed by atoms with Crippen molar-refractivity contribution in [2.24, 2.45) is 0 Å². The molecule has 0 amide bonds. The molecule has 2 aromatic carbocycles. The van der Waals surface area contributed by atoms with Crippen molar-refractivity contribution in [2.45, 2.75) is 26.2 Å². The summed E-state index contributed by atoms with van der Waals surface area (Å²) in [6, 6.07) is 12.0. The van der Waals surface area contributed by atoms with E-state index in [1.54, 1.807) is 25.4 Å². The SMILES string of the molecule is CCC(c1ccc(OC)cc1)c1csc(NC)n1.Cc1ccc(F)c(F)c1. The number of hydrogen-bond donors (Lipinski definition) is 1. The van der Waals surface area contributed by atoms with Crippen molar-refractivity contribution in [1.82, 2.24) is 4.98 Å². The van der Waals surface area contributed by atoms with E-state index in [4.69, 9.17) is 4.74 Å². The molecule has 1 unspecified atom stereocenters. The van der Waals surface area contributed by atoms with Gasteiger partial charge in [-0.2, -0.15) is 0 Å². The van der Waals surface area contributed by atoms with Gasteiger partial charge in [0.1, 0.15) is 5.75 Å². The summed E-state index contributed by atoms with van der Waals surface area (Å²) in [6.07, 6.45) is 1.04. The number of thiazole rings is 1. The van der Waals surface area contributed by atoms with Crippen molar-refractivity contribution >= 4 is 16.5 Å². The highest BCUT2D eigenvalue weighted by atomic mass is 32.1. The minimum Gasteiger partial charge on any atom is -0.497 e. The fourth-order valence-electron chi connectivity index (χ4n) is 2.61. The van der Waals surface area contributed by atoms with E-state index in [0.29, 0.717) is 5.92 Å². The van der Waals surface area contributed by atoms with E-state index < -0.39 is 11.6 Å². The van der Waals surface area contributed by atoms with Crippen LogP contribution in [-0.4, -0.2) is 19.1 Å². The van der Waals surface area contributed by atoms with Gasteiger partial charge in [0, 0.05) is 18.3 Å². The Bertz CT molecular complexity index is 850. The van der Waals surface area contributed by atoms with Crippen LogP contribution in [0.25, 0.3) is 0 Å². The molecular formula is C21H24F2N2OS. The third-order valence-corrected chi connectivity index (χ3v) is 4.97. The lowest BCUT2D eigenvalue weighted by molar-refractivity contribution is 0.414. The number of nitrogens with zero attached hydrogens (tertiary/aromatic N) is 1. The van der Waals surface area contributed by atoms with Crippen molar-refractivity contribution in [3.8, 4) is 5.75 Å². The third-order valence-electron chi connectivity index (χ3n) is 4.09. The van der Waals surface area contributed by atoms with E-state index in [0.717, 1.165) is 40.7 Å². The maximum Gasteiger partial charge on any atom is 0.182 e. The van der Waals surface area contributed by atoms with Crippen molar-refractivity contribution in [1.29, 1.82) is 0 Å². The fourth-order valence-corrected chi connectivity index (χ4v) is 3.34. The number of hydrogen-bond acceptors (Lipinski definition) is 4. The average molecular weight is 390 g/mol. The molecule has 27 heavy (non-hydrogen) atoms. The minimum atomic E-state index is -0.791. The molecule has 0 bridgehead atoms. The number of aryl methyl sites for hydroxylation is 1. The Balaban J connectivity index is 0.000000244. The van der Waals surface area contributed by atoms with Gasteiger partial charge in [0.15, 0.2) is 16.8 Å². The van der Waals surface area contributed by atoms with Crippen LogP contribution in [0.2, 0.25) is 0 Å². The van der Waals surface area contributed by atoms with E-state index in [1.807, 2.05) is 19.2 Å². The molecule has 0 aliphatic heterocycles. The van der Waals surface area contributed by atoms with Crippen LogP contribution < -0.4 is 10.1 Å². The van der Waals surface area contributed by atoms with Gasteiger partial charge in [-0.25, -0.2) is 13.8 Å². The van der Waals surface area contributed by atoms with E-state index in [-0.39, 0.29) is 0 Å². The van der Waals surface area contributed by atoms with Crippen molar-refractivity contribution < 1.29 is 13.5 Å². The predicted molar refractivity (Wildman–Crippen MR) is 108 cm³/mol. The fraction of sp³-hybridized carbons (Fsp3) is 0.286. The molecule has 3 aromatic rings. The van der Waals surface area contributed by atoms with Gasteiger partial charge in [-0.3, -0.25) is 0 Å². The number of rotatable bonds is 5. The van der Waals surface area contributed by atoms with Gasteiger partial charge in [0.05, 0.1) is 12.8 Å². The molecule has 3 nitrogen and oxygen atoms in total. The Morgan fingerprint density at radius 2 is 1.81 bits per heavy atom. The zero-order chi connectivity index (χ0) is 19.8. The molecule has 1 heterocycles. The number of nitrogens with one attached hydrogen (secondary N) is 1. The quantitative estimate of drug-likeness (QED) is 0.579. The Morgan fingerprint density at radius 3 is 2.30 bits per heavy atom. The van der Waals surface area contributed by atoms with Gasteiger partial charge < -0.3 is 10.1 Å². The number of anilines is 1. The van der Waals surface area contributed by atoms with Gasteiger partial charge in [0.25, 0.3) is 0 Å². The zero-order valence-corrected chi connectivity index (χ0v) is 16.7. The average Bonchev–Trinajstić information content (AvgIpc) is 3.15. The molecule has 1 aromatic heterocycles. The highest BCUT2D eigenvalue weighted by molar-refractivity contribution is 7.13. The van der Waals surface area contributed by atoms with Crippen molar-refractivity contribution in [2.75, 3.05) is 19.5 Å². The van der Waals surface area contributed by atoms with Gasteiger partial charge in [-0.1, -0.05) is 25.1 Å². The summed E-state index contributed by atoms with van der Waals surface area (Å²) in [6.45, 7) is 3.90. The molecule has 0 spiro atoms. The molecule has 6 heteroatoms. The molecular weight excluding hydrogens is 366 g/mol. The number of ether oxygens (including phenoxy) is 1. The summed E-state index contributed by atoms with van der Waals surface area (Å²) in [5, 5.41) is 6.18. The topological polar surface area (TPSA) is 34.1 Å². The summed E-state index contributed by atoms with van der Waals surface area (Å²) >= 11 is 1.65. The molecule has 144 valence electrons. The predicted octanol–water partition coefficient (Wildman–Crippen LogP) is 6.01. The standard InChI is InChI=1S/C14H18N2OS.C7H6F2/c1-4-12(13-9-18-14(15-2)16-13)10-5-7-11(17-3)8-6-10;1-5-2-3-6(8)7(9)4-5/h5-9,12H,4H2,1-3H3,(H,15,16);2-4H,1H3. The first-order chi connectivity index (χ1) is 13.0. The first-order valence-corrected chi connectivity index (χ1v) is 9.55.